The molecule has 2 heterocycles. The van der Waals surface area contributed by atoms with E-state index in [1.165, 1.54) is 5.01 Å². The van der Waals surface area contributed by atoms with Crippen LogP contribution in [0.2, 0.25) is 5.02 Å². The lowest BCUT2D eigenvalue weighted by atomic mass is 9.69. The third-order valence-corrected chi connectivity index (χ3v) is 7.16. The number of anilines is 1. The maximum Gasteiger partial charge on any atom is 0.255 e. The molecule has 1 amide bonds. The molecule has 3 aromatic rings. The fraction of sp³-hybridized carbons (Fsp3) is 0.276. The van der Waals surface area contributed by atoms with Gasteiger partial charge in [0.05, 0.1) is 16.9 Å². The number of aromatic nitrogens is 1. The number of carbonyl (C=O) groups excluding carboxylic acids is 2. The highest BCUT2D eigenvalue weighted by Crippen LogP contribution is 2.46. The van der Waals surface area contributed by atoms with Crippen molar-refractivity contribution < 1.29 is 9.59 Å². The van der Waals surface area contributed by atoms with Crippen molar-refractivity contribution in [1.29, 1.82) is 0 Å². The van der Waals surface area contributed by atoms with Crippen LogP contribution in [0.4, 0.5) is 5.69 Å². The Bertz CT molecular complexity index is 1490. The van der Waals surface area contributed by atoms with E-state index in [4.69, 9.17) is 11.6 Å². The summed E-state index contributed by atoms with van der Waals surface area (Å²) in [5.41, 5.74) is 5.76. The first-order valence-corrected chi connectivity index (χ1v) is 12.4. The van der Waals surface area contributed by atoms with Crippen LogP contribution < -0.4 is 11.0 Å². The van der Waals surface area contributed by atoms with Gasteiger partial charge in [-0.25, -0.2) is 5.01 Å². The van der Waals surface area contributed by atoms with Crippen molar-refractivity contribution in [2.75, 3.05) is 5.43 Å². The lowest BCUT2D eigenvalue weighted by Gasteiger charge is -2.42. The number of nitrogens with one attached hydrogen (secondary N) is 1. The molecule has 7 heteroatoms. The normalized spacial score (nSPS) is 19.4. The molecule has 2 aromatic carbocycles. The zero-order chi connectivity index (χ0) is 25.6. The van der Waals surface area contributed by atoms with E-state index in [1.807, 2.05) is 50.2 Å². The van der Waals surface area contributed by atoms with Gasteiger partial charge in [0, 0.05) is 46.8 Å². The fourth-order valence-corrected chi connectivity index (χ4v) is 5.57. The predicted molar refractivity (Wildman–Crippen MR) is 143 cm³/mol. The Labute approximate surface area is 214 Å². The Morgan fingerprint density at radius 1 is 1.08 bits per heavy atom. The fourth-order valence-electron chi connectivity index (χ4n) is 5.39. The molecule has 1 aliphatic carbocycles. The van der Waals surface area contributed by atoms with Crippen LogP contribution in [0.5, 0.6) is 0 Å². The minimum absolute atomic E-state index is 0.0141. The molecule has 184 valence electrons. The molecule has 0 radical (unpaired) electrons. The highest BCUT2D eigenvalue weighted by atomic mass is 35.5. The number of halogens is 1. The average molecular weight is 502 g/mol. The van der Waals surface area contributed by atoms with Gasteiger partial charge in [0.15, 0.2) is 5.78 Å². The molecule has 1 aromatic heterocycles. The number of Topliss-reactive ketones (excluding diaryl/α,β-unsaturated/α-hetero) is 1. The molecule has 0 fully saturated rings. The van der Waals surface area contributed by atoms with E-state index in [0.717, 1.165) is 16.6 Å². The molecule has 0 saturated carbocycles. The summed E-state index contributed by atoms with van der Waals surface area (Å²) >= 11 is 6.27. The number of hydrazine groups is 1. The molecule has 1 aliphatic heterocycles. The van der Waals surface area contributed by atoms with Crippen molar-refractivity contribution in [2.24, 2.45) is 5.41 Å². The molecule has 6 nitrogen and oxygen atoms in total. The van der Waals surface area contributed by atoms with Gasteiger partial charge in [-0.15, -0.1) is 6.58 Å². The topological polar surface area (TPSA) is 71.4 Å². The number of hydrogen-bond donors (Lipinski definition) is 1. The van der Waals surface area contributed by atoms with E-state index in [1.54, 1.807) is 28.8 Å². The molecular weight excluding hydrogens is 474 g/mol. The number of pyridine rings is 1. The van der Waals surface area contributed by atoms with Crippen LogP contribution in [0.1, 0.15) is 44.6 Å². The largest absolute Gasteiger partial charge is 0.304 e. The zero-order valence-electron chi connectivity index (χ0n) is 20.4. The third kappa shape index (κ3) is 4.26. The van der Waals surface area contributed by atoms with Crippen molar-refractivity contribution in [3.63, 3.8) is 0 Å². The van der Waals surface area contributed by atoms with E-state index >= 15 is 0 Å². The SMILES string of the molecule is C=CCn1c(=O)c(C2CC(=O)N(Nc3ccccc3)C3=C2C(=O)CC(C)(C)C3)cc2cc(Cl)ccc21. The number of benzene rings is 2. The van der Waals surface area contributed by atoms with E-state index in [2.05, 4.69) is 12.0 Å². The third-order valence-electron chi connectivity index (χ3n) is 6.93. The second-order valence-electron chi connectivity index (χ2n) is 10.3. The molecule has 0 saturated heterocycles. The summed E-state index contributed by atoms with van der Waals surface area (Å²) in [6.45, 7) is 8.16. The predicted octanol–water partition coefficient (Wildman–Crippen LogP) is 5.83. The molecule has 2 aliphatic rings. The molecule has 5 rings (SSSR count). The Morgan fingerprint density at radius 3 is 2.56 bits per heavy atom. The van der Waals surface area contributed by atoms with Crippen molar-refractivity contribution in [3.05, 3.63) is 99.5 Å². The van der Waals surface area contributed by atoms with E-state index < -0.39 is 5.92 Å². The summed E-state index contributed by atoms with van der Waals surface area (Å²) in [6, 6.07) is 16.5. The zero-order valence-corrected chi connectivity index (χ0v) is 21.1. The van der Waals surface area contributed by atoms with Crippen LogP contribution in [0.3, 0.4) is 0 Å². The van der Waals surface area contributed by atoms with Crippen molar-refractivity contribution in [3.8, 4) is 0 Å². The lowest BCUT2D eigenvalue weighted by molar-refractivity contribution is -0.130. The van der Waals surface area contributed by atoms with Crippen LogP contribution >= 0.6 is 11.6 Å². The average Bonchev–Trinajstić information content (AvgIpc) is 2.82. The van der Waals surface area contributed by atoms with Crippen LogP contribution in [-0.2, 0) is 16.1 Å². The molecule has 0 spiro atoms. The lowest BCUT2D eigenvalue weighted by Crippen LogP contribution is -2.47. The maximum atomic E-state index is 13.8. The highest BCUT2D eigenvalue weighted by molar-refractivity contribution is 6.31. The number of amides is 1. The highest BCUT2D eigenvalue weighted by Gasteiger charge is 2.45. The first kappa shape index (κ1) is 24.1. The minimum Gasteiger partial charge on any atom is -0.304 e. The van der Waals surface area contributed by atoms with Crippen LogP contribution in [0.15, 0.2) is 83.3 Å². The molecule has 1 unspecified atom stereocenters. The minimum atomic E-state index is -0.628. The summed E-state index contributed by atoms with van der Waals surface area (Å²) in [4.78, 5) is 40.9. The van der Waals surface area contributed by atoms with E-state index in [9.17, 15) is 14.4 Å². The number of rotatable bonds is 5. The summed E-state index contributed by atoms with van der Waals surface area (Å²) in [5.74, 6) is -0.842. The van der Waals surface area contributed by atoms with Crippen molar-refractivity contribution >= 4 is 39.9 Å². The van der Waals surface area contributed by atoms with Crippen LogP contribution in [0, 0.1) is 5.41 Å². The summed E-state index contributed by atoms with van der Waals surface area (Å²) in [5, 5.41) is 2.84. The maximum absolute atomic E-state index is 13.8. The number of fused-ring (bicyclic) bond motifs is 1. The van der Waals surface area contributed by atoms with Gasteiger partial charge in [-0.3, -0.25) is 19.8 Å². The standard InChI is InChI=1S/C29H28ClN3O3/c1-4-12-32-23-11-10-19(30)13-18(23)14-22(28(32)36)21-15-26(35)33(31-20-8-6-5-7-9-20)24-16-29(2,3)17-25(34)27(21)24/h4-11,13-14,21,31H,1,12,15-17H2,2-3H3. The Morgan fingerprint density at radius 2 is 1.83 bits per heavy atom. The number of nitrogens with zero attached hydrogens (tertiary/aromatic N) is 2. The van der Waals surface area contributed by atoms with Crippen LogP contribution in [0.25, 0.3) is 10.9 Å². The number of para-hydroxylation sites is 1. The smallest absolute Gasteiger partial charge is 0.255 e. The van der Waals surface area contributed by atoms with Gasteiger partial charge in [-0.1, -0.05) is 49.7 Å². The van der Waals surface area contributed by atoms with Gasteiger partial charge in [-0.2, -0.15) is 0 Å². The van der Waals surface area contributed by atoms with Gasteiger partial charge in [0.25, 0.3) is 5.56 Å². The summed E-state index contributed by atoms with van der Waals surface area (Å²) in [6.07, 6.45) is 2.57. The molecule has 36 heavy (non-hydrogen) atoms. The first-order chi connectivity index (χ1) is 17.2. The number of carbonyl (C=O) groups is 2. The first-order valence-electron chi connectivity index (χ1n) is 12.0. The number of allylic oxidation sites excluding steroid dienone is 3. The van der Waals surface area contributed by atoms with E-state index in [-0.39, 0.29) is 29.1 Å². The monoisotopic (exact) mass is 501 g/mol. The van der Waals surface area contributed by atoms with Gasteiger partial charge in [-0.05, 0) is 48.2 Å². The van der Waals surface area contributed by atoms with E-state index in [0.29, 0.717) is 41.2 Å². The Kier molecular flexibility index (Phi) is 6.08. The number of ketones is 1. The second kappa shape index (κ2) is 9.10. The summed E-state index contributed by atoms with van der Waals surface area (Å²) in [7, 11) is 0. The van der Waals surface area contributed by atoms with Crippen molar-refractivity contribution in [2.45, 2.75) is 45.6 Å². The molecule has 1 atom stereocenters. The molecule has 0 bridgehead atoms. The molecular formula is C29H28ClN3O3. The number of hydrogen-bond acceptors (Lipinski definition) is 4. The van der Waals surface area contributed by atoms with Gasteiger partial charge < -0.3 is 4.57 Å². The second-order valence-corrected chi connectivity index (χ2v) is 10.7. The van der Waals surface area contributed by atoms with Gasteiger partial charge in [0.2, 0.25) is 5.91 Å². The Hall–Kier alpha value is -3.64. The van der Waals surface area contributed by atoms with Crippen LogP contribution in [-0.4, -0.2) is 21.3 Å². The van der Waals surface area contributed by atoms with Crippen molar-refractivity contribution in [1.82, 2.24) is 9.58 Å². The Balaban J connectivity index is 1.71. The van der Waals surface area contributed by atoms with Gasteiger partial charge >= 0.3 is 0 Å². The molecule has 1 N–H and O–H groups in total. The van der Waals surface area contributed by atoms with Gasteiger partial charge in [0.1, 0.15) is 0 Å². The quantitative estimate of drug-likeness (QED) is 0.447. The summed E-state index contributed by atoms with van der Waals surface area (Å²) < 4.78 is 1.63.